The SMILES string of the molecule is CC1(c2cc(Br)ccc2Cl)OCCO1. The smallest absolute Gasteiger partial charge is 0.193 e. The van der Waals surface area contributed by atoms with E-state index in [4.69, 9.17) is 21.1 Å². The zero-order valence-electron chi connectivity index (χ0n) is 7.72. The minimum atomic E-state index is -0.694. The summed E-state index contributed by atoms with van der Waals surface area (Å²) in [5, 5.41) is 0.664. The summed E-state index contributed by atoms with van der Waals surface area (Å²) in [6, 6.07) is 5.65. The van der Waals surface area contributed by atoms with E-state index in [1.807, 2.05) is 25.1 Å². The lowest BCUT2D eigenvalue weighted by atomic mass is 10.1. The van der Waals surface area contributed by atoms with Crippen LogP contribution < -0.4 is 0 Å². The van der Waals surface area contributed by atoms with E-state index < -0.39 is 5.79 Å². The second-order valence-corrected chi connectivity index (χ2v) is 4.59. The van der Waals surface area contributed by atoms with Crippen molar-refractivity contribution in [3.8, 4) is 0 Å². The molecule has 0 unspecified atom stereocenters. The fourth-order valence-corrected chi connectivity index (χ4v) is 2.17. The molecule has 0 saturated carbocycles. The van der Waals surface area contributed by atoms with Crippen LogP contribution in [0.3, 0.4) is 0 Å². The van der Waals surface area contributed by atoms with Crippen molar-refractivity contribution in [1.29, 1.82) is 0 Å². The number of rotatable bonds is 1. The van der Waals surface area contributed by atoms with E-state index in [1.165, 1.54) is 0 Å². The van der Waals surface area contributed by atoms with Crippen LogP contribution in [0.2, 0.25) is 5.02 Å². The topological polar surface area (TPSA) is 18.5 Å². The summed E-state index contributed by atoms with van der Waals surface area (Å²) in [5.74, 6) is -0.694. The van der Waals surface area contributed by atoms with E-state index in [-0.39, 0.29) is 0 Å². The zero-order valence-corrected chi connectivity index (χ0v) is 10.1. The number of ether oxygens (including phenoxy) is 2. The predicted molar refractivity (Wildman–Crippen MR) is 58.4 cm³/mol. The van der Waals surface area contributed by atoms with E-state index in [0.717, 1.165) is 10.0 Å². The van der Waals surface area contributed by atoms with E-state index in [2.05, 4.69) is 15.9 Å². The van der Waals surface area contributed by atoms with Gasteiger partial charge in [-0.05, 0) is 25.1 Å². The molecule has 76 valence electrons. The average Bonchev–Trinajstić information content (AvgIpc) is 2.58. The van der Waals surface area contributed by atoms with Crippen LogP contribution in [-0.2, 0) is 15.3 Å². The summed E-state index contributed by atoms with van der Waals surface area (Å²) in [5.41, 5.74) is 0.867. The van der Waals surface area contributed by atoms with Crippen molar-refractivity contribution in [3.05, 3.63) is 33.3 Å². The van der Waals surface area contributed by atoms with Gasteiger partial charge in [0.25, 0.3) is 0 Å². The molecular formula is C10H10BrClO2. The fourth-order valence-electron chi connectivity index (χ4n) is 1.52. The molecule has 0 aromatic heterocycles. The quantitative estimate of drug-likeness (QED) is 0.784. The van der Waals surface area contributed by atoms with Crippen LogP contribution in [0.15, 0.2) is 22.7 Å². The Labute approximate surface area is 96.3 Å². The van der Waals surface area contributed by atoms with Crippen molar-refractivity contribution in [2.24, 2.45) is 0 Å². The van der Waals surface area contributed by atoms with Gasteiger partial charge in [-0.15, -0.1) is 0 Å². The molecule has 1 heterocycles. The molecule has 1 aliphatic heterocycles. The second kappa shape index (κ2) is 3.81. The van der Waals surface area contributed by atoms with Crippen molar-refractivity contribution in [2.45, 2.75) is 12.7 Å². The van der Waals surface area contributed by atoms with E-state index in [1.54, 1.807) is 0 Å². The number of hydrogen-bond donors (Lipinski definition) is 0. The highest BCUT2D eigenvalue weighted by Gasteiger charge is 2.34. The summed E-state index contributed by atoms with van der Waals surface area (Å²) in [7, 11) is 0. The number of halogens is 2. The molecule has 2 rings (SSSR count). The molecule has 0 spiro atoms. The van der Waals surface area contributed by atoms with Gasteiger partial charge in [0, 0.05) is 15.1 Å². The second-order valence-electron chi connectivity index (χ2n) is 3.27. The Kier molecular flexibility index (Phi) is 2.84. The number of hydrogen-bond acceptors (Lipinski definition) is 2. The minimum Gasteiger partial charge on any atom is -0.344 e. The van der Waals surface area contributed by atoms with Gasteiger partial charge in [0.2, 0.25) is 0 Å². The van der Waals surface area contributed by atoms with Crippen LogP contribution in [0.1, 0.15) is 12.5 Å². The van der Waals surface area contributed by atoms with Gasteiger partial charge in [0.15, 0.2) is 5.79 Å². The van der Waals surface area contributed by atoms with E-state index in [9.17, 15) is 0 Å². The summed E-state index contributed by atoms with van der Waals surface area (Å²) in [4.78, 5) is 0. The monoisotopic (exact) mass is 276 g/mol. The summed E-state index contributed by atoms with van der Waals surface area (Å²) in [6.07, 6.45) is 0. The van der Waals surface area contributed by atoms with E-state index >= 15 is 0 Å². The zero-order chi connectivity index (χ0) is 10.2. The van der Waals surface area contributed by atoms with E-state index in [0.29, 0.717) is 18.2 Å². The highest BCUT2D eigenvalue weighted by Crippen LogP contribution is 2.36. The fraction of sp³-hybridized carbons (Fsp3) is 0.400. The lowest BCUT2D eigenvalue weighted by molar-refractivity contribution is -0.149. The molecule has 2 nitrogen and oxygen atoms in total. The van der Waals surface area contributed by atoms with Crippen LogP contribution in [0.5, 0.6) is 0 Å². The first-order valence-electron chi connectivity index (χ1n) is 4.35. The third-order valence-electron chi connectivity index (χ3n) is 2.26. The third kappa shape index (κ3) is 1.82. The summed E-state index contributed by atoms with van der Waals surface area (Å²) < 4.78 is 12.0. The molecule has 0 radical (unpaired) electrons. The van der Waals surface area contributed by atoms with Gasteiger partial charge in [0.05, 0.1) is 13.2 Å². The highest BCUT2D eigenvalue weighted by atomic mass is 79.9. The first-order valence-corrected chi connectivity index (χ1v) is 5.52. The Morgan fingerprint density at radius 1 is 1.36 bits per heavy atom. The highest BCUT2D eigenvalue weighted by molar-refractivity contribution is 9.10. The lowest BCUT2D eigenvalue weighted by Crippen LogP contribution is -2.22. The minimum absolute atomic E-state index is 0.610. The molecule has 1 fully saturated rings. The third-order valence-corrected chi connectivity index (χ3v) is 3.08. The maximum absolute atomic E-state index is 6.09. The van der Waals surface area contributed by atoms with Crippen LogP contribution in [-0.4, -0.2) is 13.2 Å². The van der Waals surface area contributed by atoms with Gasteiger partial charge in [-0.25, -0.2) is 0 Å². The molecule has 0 bridgehead atoms. The normalized spacial score (nSPS) is 19.9. The molecule has 1 aliphatic rings. The van der Waals surface area contributed by atoms with Crippen molar-refractivity contribution < 1.29 is 9.47 Å². The molecule has 0 N–H and O–H groups in total. The molecular weight excluding hydrogens is 267 g/mol. The van der Waals surface area contributed by atoms with Crippen LogP contribution in [0.4, 0.5) is 0 Å². The Morgan fingerprint density at radius 3 is 2.64 bits per heavy atom. The average molecular weight is 278 g/mol. The van der Waals surface area contributed by atoms with Crippen LogP contribution in [0, 0.1) is 0 Å². The molecule has 1 aromatic rings. The number of benzene rings is 1. The van der Waals surface area contributed by atoms with Gasteiger partial charge in [-0.3, -0.25) is 0 Å². The largest absolute Gasteiger partial charge is 0.344 e. The van der Waals surface area contributed by atoms with Crippen molar-refractivity contribution in [3.63, 3.8) is 0 Å². The standard InChI is InChI=1S/C10H10BrClO2/c1-10(13-4-5-14-10)8-6-7(11)2-3-9(8)12/h2-3,6H,4-5H2,1H3. The Balaban J connectivity index is 2.44. The maximum atomic E-state index is 6.09. The van der Waals surface area contributed by atoms with Crippen molar-refractivity contribution >= 4 is 27.5 Å². The van der Waals surface area contributed by atoms with Crippen molar-refractivity contribution in [1.82, 2.24) is 0 Å². The maximum Gasteiger partial charge on any atom is 0.193 e. The van der Waals surface area contributed by atoms with Gasteiger partial charge >= 0.3 is 0 Å². The van der Waals surface area contributed by atoms with Gasteiger partial charge in [0.1, 0.15) is 0 Å². The molecule has 1 saturated heterocycles. The molecule has 0 aliphatic carbocycles. The summed E-state index contributed by atoms with van der Waals surface area (Å²) in [6.45, 7) is 3.10. The molecule has 1 aromatic carbocycles. The molecule has 0 atom stereocenters. The van der Waals surface area contributed by atoms with Gasteiger partial charge < -0.3 is 9.47 Å². The van der Waals surface area contributed by atoms with Gasteiger partial charge in [-0.2, -0.15) is 0 Å². The predicted octanol–water partition coefficient (Wildman–Crippen LogP) is 3.32. The Hall–Kier alpha value is -0.0900. The Bertz CT molecular complexity index is 348. The van der Waals surface area contributed by atoms with Crippen LogP contribution >= 0.6 is 27.5 Å². The molecule has 14 heavy (non-hydrogen) atoms. The first kappa shape index (κ1) is 10.4. The molecule has 4 heteroatoms. The Morgan fingerprint density at radius 2 is 2.00 bits per heavy atom. The molecule has 0 amide bonds. The van der Waals surface area contributed by atoms with Crippen LogP contribution in [0.25, 0.3) is 0 Å². The van der Waals surface area contributed by atoms with Crippen molar-refractivity contribution in [2.75, 3.05) is 13.2 Å². The first-order chi connectivity index (χ1) is 6.62. The lowest BCUT2D eigenvalue weighted by Gasteiger charge is -2.23. The van der Waals surface area contributed by atoms with Gasteiger partial charge in [-0.1, -0.05) is 27.5 Å². The summed E-state index contributed by atoms with van der Waals surface area (Å²) >= 11 is 9.48.